The van der Waals surface area contributed by atoms with Crippen LogP contribution in [0.4, 0.5) is 0 Å². The molecule has 1 atom stereocenters. The van der Waals surface area contributed by atoms with Gasteiger partial charge in [-0.3, -0.25) is 4.84 Å². The standard InChI is InChI=1S/C6H10ClNO3/c1-4(7)3-6(2,11-8)5(9)10/h3H,8H2,1-2H3,(H,9,10)/b4-3+. The monoisotopic (exact) mass is 179 g/mol. The summed E-state index contributed by atoms with van der Waals surface area (Å²) in [5, 5.41) is 8.89. The summed E-state index contributed by atoms with van der Waals surface area (Å²) < 4.78 is 0. The molecule has 0 bridgehead atoms. The van der Waals surface area contributed by atoms with Crippen LogP contribution in [0.5, 0.6) is 0 Å². The molecule has 0 spiro atoms. The second kappa shape index (κ2) is 3.71. The number of hydrogen-bond acceptors (Lipinski definition) is 3. The van der Waals surface area contributed by atoms with E-state index in [9.17, 15) is 4.79 Å². The third kappa shape index (κ3) is 2.88. The molecule has 11 heavy (non-hydrogen) atoms. The summed E-state index contributed by atoms with van der Waals surface area (Å²) in [7, 11) is 0. The first-order valence-electron chi connectivity index (χ1n) is 2.88. The normalized spacial score (nSPS) is 17.6. The Labute approximate surface area is 69.5 Å². The number of carbonyl (C=O) groups is 1. The molecule has 0 radical (unpaired) electrons. The quantitative estimate of drug-likeness (QED) is 0.631. The van der Waals surface area contributed by atoms with E-state index in [1.165, 1.54) is 13.0 Å². The van der Waals surface area contributed by atoms with E-state index < -0.39 is 11.6 Å². The fourth-order valence-corrected chi connectivity index (χ4v) is 0.734. The number of aliphatic carboxylic acids is 1. The van der Waals surface area contributed by atoms with Gasteiger partial charge in [0.25, 0.3) is 0 Å². The minimum atomic E-state index is -1.54. The van der Waals surface area contributed by atoms with Crippen LogP contribution in [-0.4, -0.2) is 16.7 Å². The van der Waals surface area contributed by atoms with E-state index in [4.69, 9.17) is 22.6 Å². The number of rotatable bonds is 3. The van der Waals surface area contributed by atoms with Crippen LogP contribution in [0.1, 0.15) is 13.8 Å². The van der Waals surface area contributed by atoms with Crippen LogP contribution in [-0.2, 0) is 9.63 Å². The summed E-state index contributed by atoms with van der Waals surface area (Å²) in [5.74, 6) is 3.59. The van der Waals surface area contributed by atoms with E-state index in [1.807, 2.05) is 0 Å². The van der Waals surface area contributed by atoms with Crippen LogP contribution in [0, 0.1) is 0 Å². The van der Waals surface area contributed by atoms with Crippen LogP contribution < -0.4 is 5.90 Å². The molecule has 0 aliphatic heterocycles. The van der Waals surface area contributed by atoms with Crippen molar-refractivity contribution in [3.05, 3.63) is 11.1 Å². The number of nitrogens with two attached hydrogens (primary N) is 1. The zero-order valence-electron chi connectivity index (χ0n) is 6.30. The predicted molar refractivity (Wildman–Crippen MR) is 40.9 cm³/mol. The van der Waals surface area contributed by atoms with Crippen molar-refractivity contribution >= 4 is 17.6 Å². The van der Waals surface area contributed by atoms with Crippen molar-refractivity contribution < 1.29 is 14.7 Å². The van der Waals surface area contributed by atoms with Crippen molar-refractivity contribution in [2.24, 2.45) is 5.90 Å². The van der Waals surface area contributed by atoms with E-state index in [0.717, 1.165) is 0 Å². The summed E-state index contributed by atoms with van der Waals surface area (Å²) in [4.78, 5) is 14.7. The molecule has 4 nitrogen and oxygen atoms in total. The van der Waals surface area contributed by atoms with Gasteiger partial charge in [-0.1, -0.05) is 11.6 Å². The zero-order chi connectivity index (χ0) is 9.07. The van der Waals surface area contributed by atoms with Crippen LogP contribution >= 0.6 is 11.6 Å². The molecule has 0 saturated heterocycles. The molecule has 0 rings (SSSR count). The number of carboxylic acids is 1. The van der Waals surface area contributed by atoms with Gasteiger partial charge >= 0.3 is 5.97 Å². The third-order valence-corrected chi connectivity index (χ3v) is 1.25. The van der Waals surface area contributed by atoms with Crippen LogP contribution in [0.2, 0.25) is 0 Å². The first kappa shape index (κ1) is 10.4. The molecule has 64 valence electrons. The minimum Gasteiger partial charge on any atom is -0.479 e. The molecule has 0 aliphatic carbocycles. The second-order valence-electron chi connectivity index (χ2n) is 2.26. The first-order valence-corrected chi connectivity index (χ1v) is 3.26. The van der Waals surface area contributed by atoms with E-state index in [-0.39, 0.29) is 0 Å². The largest absolute Gasteiger partial charge is 0.479 e. The SMILES string of the molecule is C/C(Cl)=C\C(C)(ON)C(=O)O. The van der Waals surface area contributed by atoms with Crippen molar-refractivity contribution in [3.8, 4) is 0 Å². The Hall–Kier alpha value is -0.580. The maximum Gasteiger partial charge on any atom is 0.341 e. The molecule has 5 heteroatoms. The summed E-state index contributed by atoms with van der Waals surface area (Å²) in [6.45, 7) is 2.85. The first-order chi connectivity index (χ1) is 4.92. The minimum absolute atomic E-state index is 0.320. The van der Waals surface area contributed by atoms with Gasteiger partial charge in [0.2, 0.25) is 5.60 Å². The topological polar surface area (TPSA) is 72.5 Å². The van der Waals surface area contributed by atoms with E-state index in [1.54, 1.807) is 6.92 Å². The number of allylic oxidation sites excluding steroid dienone is 1. The zero-order valence-corrected chi connectivity index (χ0v) is 7.05. The van der Waals surface area contributed by atoms with Gasteiger partial charge in [-0.2, -0.15) is 0 Å². The molecule has 1 unspecified atom stereocenters. The van der Waals surface area contributed by atoms with Gasteiger partial charge in [-0.05, 0) is 19.9 Å². The molecule has 3 N–H and O–H groups in total. The molecule has 0 fully saturated rings. The Morgan fingerprint density at radius 2 is 2.27 bits per heavy atom. The van der Waals surface area contributed by atoms with Gasteiger partial charge in [0, 0.05) is 5.03 Å². The lowest BCUT2D eigenvalue weighted by atomic mass is 10.1. The van der Waals surface area contributed by atoms with Gasteiger partial charge in [0.15, 0.2) is 0 Å². The number of hydrogen-bond donors (Lipinski definition) is 2. The fraction of sp³-hybridized carbons (Fsp3) is 0.500. The Bertz CT molecular complexity index is 188. The molecule has 0 aliphatic rings. The van der Waals surface area contributed by atoms with Crippen molar-refractivity contribution in [3.63, 3.8) is 0 Å². The molecule has 0 amide bonds. The van der Waals surface area contributed by atoms with Crippen LogP contribution in [0.25, 0.3) is 0 Å². The van der Waals surface area contributed by atoms with E-state index in [0.29, 0.717) is 5.03 Å². The van der Waals surface area contributed by atoms with Crippen molar-refractivity contribution in [1.82, 2.24) is 0 Å². The molecule has 0 aromatic rings. The lowest BCUT2D eigenvalue weighted by Gasteiger charge is -2.17. The fourth-order valence-electron chi connectivity index (χ4n) is 0.526. The van der Waals surface area contributed by atoms with Crippen LogP contribution in [0.3, 0.4) is 0 Å². The third-order valence-electron chi connectivity index (χ3n) is 1.14. The highest BCUT2D eigenvalue weighted by molar-refractivity contribution is 6.29. The van der Waals surface area contributed by atoms with E-state index >= 15 is 0 Å². The number of halogens is 1. The predicted octanol–water partition coefficient (Wildman–Crippen LogP) is 0.863. The lowest BCUT2D eigenvalue weighted by molar-refractivity contribution is -0.157. The molecule has 0 aromatic carbocycles. The average Bonchev–Trinajstić information content (AvgIpc) is 1.86. The Kier molecular flexibility index (Phi) is 3.51. The van der Waals surface area contributed by atoms with Gasteiger partial charge in [-0.15, -0.1) is 0 Å². The highest BCUT2D eigenvalue weighted by Crippen LogP contribution is 2.14. The Morgan fingerprint density at radius 3 is 2.36 bits per heavy atom. The maximum absolute atomic E-state index is 10.5. The lowest BCUT2D eigenvalue weighted by Crippen LogP contribution is -2.38. The molecule has 0 aromatic heterocycles. The summed E-state index contributed by atoms with van der Waals surface area (Å²) >= 11 is 5.45. The van der Waals surface area contributed by atoms with E-state index in [2.05, 4.69) is 4.84 Å². The van der Waals surface area contributed by atoms with Crippen molar-refractivity contribution in [2.75, 3.05) is 0 Å². The number of carboxylic acid groups (broad SMARTS) is 1. The van der Waals surface area contributed by atoms with Crippen molar-refractivity contribution in [1.29, 1.82) is 0 Å². The summed E-state index contributed by atoms with van der Waals surface area (Å²) in [6, 6.07) is 0. The van der Waals surface area contributed by atoms with Crippen LogP contribution in [0.15, 0.2) is 11.1 Å². The van der Waals surface area contributed by atoms with Gasteiger partial charge in [0.1, 0.15) is 0 Å². The van der Waals surface area contributed by atoms with Gasteiger partial charge in [0.05, 0.1) is 0 Å². The molecular weight excluding hydrogens is 170 g/mol. The highest BCUT2D eigenvalue weighted by Gasteiger charge is 2.31. The summed E-state index contributed by atoms with van der Waals surface area (Å²) in [5.41, 5.74) is -1.54. The molecular formula is C6H10ClNO3. The van der Waals surface area contributed by atoms with Gasteiger partial charge in [-0.25, -0.2) is 10.7 Å². The smallest absolute Gasteiger partial charge is 0.341 e. The Balaban J connectivity index is 4.62. The van der Waals surface area contributed by atoms with Gasteiger partial charge < -0.3 is 5.11 Å². The highest BCUT2D eigenvalue weighted by atomic mass is 35.5. The Morgan fingerprint density at radius 1 is 1.82 bits per heavy atom. The average molecular weight is 180 g/mol. The second-order valence-corrected chi connectivity index (χ2v) is 2.86. The molecule has 0 heterocycles. The van der Waals surface area contributed by atoms with Crippen molar-refractivity contribution in [2.45, 2.75) is 19.4 Å². The molecule has 0 saturated carbocycles. The maximum atomic E-state index is 10.5. The summed E-state index contributed by atoms with van der Waals surface area (Å²) in [6.07, 6.45) is 1.22.